The summed E-state index contributed by atoms with van der Waals surface area (Å²) in [6.45, 7) is 7.33. The molecule has 142 valence electrons. The second-order valence-corrected chi connectivity index (χ2v) is 7.74. The predicted molar refractivity (Wildman–Crippen MR) is 105 cm³/mol. The number of nitrogens with zero attached hydrogens (tertiary/aromatic N) is 2. The SMILES string of the molecule is O=C(NCCN1CCNCC1)c1ccccc1SCC(=O)N1CCCC1. The molecule has 2 aliphatic rings. The molecule has 0 atom stereocenters. The monoisotopic (exact) mass is 376 g/mol. The third kappa shape index (κ3) is 5.46. The van der Waals surface area contributed by atoms with Gasteiger partial charge in [0.15, 0.2) is 0 Å². The van der Waals surface area contributed by atoms with Gasteiger partial charge in [0.05, 0.1) is 11.3 Å². The number of likely N-dealkylation sites (tertiary alicyclic amines) is 1. The van der Waals surface area contributed by atoms with Crippen LogP contribution in [-0.4, -0.2) is 79.7 Å². The van der Waals surface area contributed by atoms with Crippen LogP contribution in [0.5, 0.6) is 0 Å². The van der Waals surface area contributed by atoms with Crippen LogP contribution in [0.2, 0.25) is 0 Å². The Labute approximate surface area is 159 Å². The Kier molecular flexibility index (Phi) is 7.34. The van der Waals surface area contributed by atoms with E-state index >= 15 is 0 Å². The van der Waals surface area contributed by atoms with Crippen LogP contribution in [0.25, 0.3) is 0 Å². The molecule has 0 aromatic heterocycles. The van der Waals surface area contributed by atoms with Crippen LogP contribution in [0.4, 0.5) is 0 Å². The second kappa shape index (κ2) is 9.94. The van der Waals surface area contributed by atoms with Gasteiger partial charge >= 0.3 is 0 Å². The maximum absolute atomic E-state index is 12.6. The van der Waals surface area contributed by atoms with Gasteiger partial charge in [-0.05, 0) is 25.0 Å². The largest absolute Gasteiger partial charge is 0.351 e. The van der Waals surface area contributed by atoms with Crippen molar-refractivity contribution in [3.8, 4) is 0 Å². The summed E-state index contributed by atoms with van der Waals surface area (Å²) in [6, 6.07) is 7.55. The molecule has 2 aliphatic heterocycles. The molecule has 2 N–H and O–H groups in total. The van der Waals surface area contributed by atoms with Gasteiger partial charge in [-0.25, -0.2) is 0 Å². The lowest BCUT2D eigenvalue weighted by Gasteiger charge is -2.27. The molecule has 6 nitrogen and oxygen atoms in total. The minimum absolute atomic E-state index is 0.0585. The summed E-state index contributed by atoms with van der Waals surface area (Å²) in [5.41, 5.74) is 0.659. The van der Waals surface area contributed by atoms with Gasteiger partial charge in [0.25, 0.3) is 5.91 Å². The van der Waals surface area contributed by atoms with Crippen molar-refractivity contribution in [1.29, 1.82) is 0 Å². The molecule has 0 saturated carbocycles. The quantitative estimate of drug-likeness (QED) is 0.696. The van der Waals surface area contributed by atoms with E-state index in [0.717, 1.165) is 63.6 Å². The van der Waals surface area contributed by atoms with Crippen LogP contribution in [0.1, 0.15) is 23.2 Å². The number of benzene rings is 1. The highest BCUT2D eigenvalue weighted by atomic mass is 32.2. The van der Waals surface area contributed by atoms with E-state index in [4.69, 9.17) is 0 Å². The number of hydrogen-bond acceptors (Lipinski definition) is 5. The van der Waals surface area contributed by atoms with Gasteiger partial charge in [-0.15, -0.1) is 11.8 Å². The molecule has 0 aliphatic carbocycles. The standard InChI is InChI=1S/C19H28N4O2S/c24-18(23-10-3-4-11-23)15-26-17-6-2-1-5-16(17)19(25)21-9-14-22-12-7-20-8-13-22/h1-2,5-6,20H,3-4,7-15H2,(H,21,25). The second-order valence-electron chi connectivity index (χ2n) is 6.72. The van der Waals surface area contributed by atoms with Crippen molar-refractivity contribution in [2.75, 3.05) is 58.1 Å². The highest BCUT2D eigenvalue weighted by molar-refractivity contribution is 8.00. The average Bonchev–Trinajstić information content (AvgIpc) is 3.22. The average molecular weight is 377 g/mol. The molecule has 3 rings (SSSR count). The van der Waals surface area contributed by atoms with Crippen molar-refractivity contribution in [3.05, 3.63) is 29.8 Å². The van der Waals surface area contributed by atoms with E-state index in [1.807, 2.05) is 29.2 Å². The normalized spacial score (nSPS) is 18.1. The zero-order valence-corrected chi connectivity index (χ0v) is 16.0. The minimum atomic E-state index is -0.0585. The zero-order valence-electron chi connectivity index (χ0n) is 15.2. The van der Waals surface area contributed by atoms with Crippen molar-refractivity contribution < 1.29 is 9.59 Å². The summed E-state index contributed by atoms with van der Waals surface area (Å²) in [4.78, 5) is 29.9. The fourth-order valence-corrected chi connectivity index (χ4v) is 4.29. The zero-order chi connectivity index (χ0) is 18.2. The van der Waals surface area contributed by atoms with Gasteiger partial charge in [0.1, 0.15) is 0 Å². The Morgan fingerprint density at radius 3 is 2.58 bits per heavy atom. The summed E-state index contributed by atoms with van der Waals surface area (Å²) in [5, 5.41) is 6.35. The minimum Gasteiger partial charge on any atom is -0.351 e. The molecule has 0 radical (unpaired) electrons. The van der Waals surface area contributed by atoms with Crippen LogP contribution in [0, 0.1) is 0 Å². The van der Waals surface area contributed by atoms with Crippen molar-refractivity contribution in [2.45, 2.75) is 17.7 Å². The number of hydrogen-bond donors (Lipinski definition) is 2. The van der Waals surface area contributed by atoms with E-state index in [0.29, 0.717) is 17.9 Å². The van der Waals surface area contributed by atoms with Crippen molar-refractivity contribution in [2.24, 2.45) is 0 Å². The molecule has 1 aromatic rings. The van der Waals surface area contributed by atoms with E-state index in [9.17, 15) is 9.59 Å². The maximum Gasteiger partial charge on any atom is 0.252 e. The third-order valence-electron chi connectivity index (χ3n) is 4.86. The van der Waals surface area contributed by atoms with Gasteiger partial charge in [-0.3, -0.25) is 14.5 Å². The summed E-state index contributed by atoms with van der Waals surface area (Å²) >= 11 is 1.46. The molecule has 2 fully saturated rings. The van der Waals surface area contributed by atoms with Gasteiger partial charge < -0.3 is 15.5 Å². The summed E-state index contributed by atoms with van der Waals surface area (Å²) in [6.07, 6.45) is 2.20. The first-order chi connectivity index (χ1) is 12.7. The number of nitrogens with one attached hydrogen (secondary N) is 2. The Morgan fingerprint density at radius 1 is 1.08 bits per heavy atom. The van der Waals surface area contributed by atoms with E-state index in [1.54, 1.807) is 0 Å². The van der Waals surface area contributed by atoms with E-state index in [-0.39, 0.29) is 11.8 Å². The molecule has 0 bridgehead atoms. The number of rotatable bonds is 7. The smallest absolute Gasteiger partial charge is 0.252 e. The molecule has 26 heavy (non-hydrogen) atoms. The van der Waals surface area contributed by atoms with Crippen molar-refractivity contribution >= 4 is 23.6 Å². The fraction of sp³-hybridized carbons (Fsp3) is 0.579. The van der Waals surface area contributed by atoms with Gasteiger partial charge in [-0.1, -0.05) is 12.1 Å². The molecule has 1 aromatic carbocycles. The maximum atomic E-state index is 12.6. The number of amides is 2. The fourth-order valence-electron chi connectivity index (χ4n) is 3.33. The summed E-state index contributed by atoms with van der Waals surface area (Å²) < 4.78 is 0. The predicted octanol–water partition coefficient (Wildman–Crippen LogP) is 1.04. The molecular formula is C19H28N4O2S. The number of carbonyl (C=O) groups is 2. The highest BCUT2D eigenvalue weighted by Gasteiger charge is 2.19. The van der Waals surface area contributed by atoms with Gasteiger partial charge in [0.2, 0.25) is 5.91 Å². The molecule has 2 saturated heterocycles. The van der Waals surface area contributed by atoms with Crippen LogP contribution in [0.15, 0.2) is 29.2 Å². The summed E-state index contributed by atoms with van der Waals surface area (Å²) in [7, 11) is 0. The van der Waals surface area contributed by atoms with E-state index in [2.05, 4.69) is 15.5 Å². The summed E-state index contributed by atoms with van der Waals surface area (Å²) in [5.74, 6) is 0.503. The van der Waals surface area contributed by atoms with Crippen LogP contribution < -0.4 is 10.6 Å². The Morgan fingerprint density at radius 2 is 1.81 bits per heavy atom. The lowest BCUT2D eigenvalue weighted by molar-refractivity contribution is -0.127. The highest BCUT2D eigenvalue weighted by Crippen LogP contribution is 2.23. The Balaban J connectivity index is 1.48. The lowest BCUT2D eigenvalue weighted by atomic mass is 10.2. The lowest BCUT2D eigenvalue weighted by Crippen LogP contribution is -2.46. The Hall–Kier alpha value is -1.57. The topological polar surface area (TPSA) is 64.7 Å². The molecule has 0 unspecified atom stereocenters. The molecule has 0 spiro atoms. The van der Waals surface area contributed by atoms with E-state index < -0.39 is 0 Å². The van der Waals surface area contributed by atoms with Gasteiger partial charge in [0, 0.05) is 57.3 Å². The first-order valence-electron chi connectivity index (χ1n) is 9.45. The first kappa shape index (κ1) is 19.2. The van der Waals surface area contributed by atoms with Gasteiger partial charge in [-0.2, -0.15) is 0 Å². The molecule has 2 heterocycles. The van der Waals surface area contributed by atoms with Crippen LogP contribution >= 0.6 is 11.8 Å². The van der Waals surface area contributed by atoms with Crippen molar-refractivity contribution in [3.63, 3.8) is 0 Å². The molecule has 7 heteroatoms. The third-order valence-corrected chi connectivity index (χ3v) is 5.92. The van der Waals surface area contributed by atoms with Crippen molar-refractivity contribution in [1.82, 2.24) is 20.4 Å². The molecular weight excluding hydrogens is 348 g/mol. The number of piperazine rings is 1. The van der Waals surface area contributed by atoms with Crippen LogP contribution in [0.3, 0.4) is 0 Å². The number of carbonyl (C=O) groups excluding carboxylic acids is 2. The van der Waals surface area contributed by atoms with E-state index in [1.165, 1.54) is 11.8 Å². The Bertz CT molecular complexity index is 613. The first-order valence-corrected chi connectivity index (χ1v) is 10.4. The molecule has 2 amide bonds. The van der Waals surface area contributed by atoms with Crippen LogP contribution in [-0.2, 0) is 4.79 Å². The number of thioether (sulfide) groups is 1.